The van der Waals surface area contributed by atoms with E-state index in [0.29, 0.717) is 16.5 Å². The number of halogens is 2. The number of benzene rings is 1. The van der Waals surface area contributed by atoms with Crippen molar-refractivity contribution in [3.8, 4) is 0 Å². The van der Waals surface area contributed by atoms with Crippen molar-refractivity contribution >= 4 is 11.6 Å². The molecule has 1 N–H and O–H groups in total. The first kappa shape index (κ1) is 15.7. The SMILES string of the molecule is COC1(C(O)Cc2cc(Cl)ccc2F)CCC(C)CC1. The Bertz CT molecular complexity index is 456. The molecule has 0 aromatic heterocycles. The number of rotatable bonds is 4. The molecule has 1 atom stereocenters. The van der Waals surface area contributed by atoms with Gasteiger partial charge in [-0.1, -0.05) is 18.5 Å². The molecule has 1 aliphatic carbocycles. The fourth-order valence-corrected chi connectivity index (χ4v) is 3.21. The average molecular weight is 301 g/mol. The molecule has 1 unspecified atom stereocenters. The monoisotopic (exact) mass is 300 g/mol. The highest BCUT2D eigenvalue weighted by Crippen LogP contribution is 2.38. The molecule has 1 saturated carbocycles. The van der Waals surface area contributed by atoms with Crippen molar-refractivity contribution in [3.63, 3.8) is 0 Å². The molecule has 0 saturated heterocycles. The molecule has 2 nitrogen and oxygen atoms in total. The van der Waals surface area contributed by atoms with Crippen LogP contribution in [0.4, 0.5) is 4.39 Å². The Balaban J connectivity index is 2.13. The van der Waals surface area contributed by atoms with E-state index < -0.39 is 11.7 Å². The van der Waals surface area contributed by atoms with Gasteiger partial charge in [-0.25, -0.2) is 4.39 Å². The zero-order valence-electron chi connectivity index (χ0n) is 12.0. The van der Waals surface area contributed by atoms with E-state index in [1.807, 2.05) is 0 Å². The van der Waals surface area contributed by atoms with Gasteiger partial charge in [0.05, 0.1) is 11.7 Å². The van der Waals surface area contributed by atoms with Gasteiger partial charge in [0.15, 0.2) is 0 Å². The highest BCUT2D eigenvalue weighted by atomic mass is 35.5. The van der Waals surface area contributed by atoms with Crippen LogP contribution >= 0.6 is 11.6 Å². The van der Waals surface area contributed by atoms with Crippen molar-refractivity contribution < 1.29 is 14.2 Å². The molecule has 0 amide bonds. The summed E-state index contributed by atoms with van der Waals surface area (Å²) in [5.74, 6) is 0.331. The second-order valence-corrected chi connectivity index (χ2v) is 6.34. The van der Waals surface area contributed by atoms with E-state index in [0.717, 1.165) is 25.7 Å². The van der Waals surface area contributed by atoms with E-state index in [1.165, 1.54) is 12.1 Å². The maximum Gasteiger partial charge on any atom is 0.126 e. The van der Waals surface area contributed by atoms with Gasteiger partial charge in [-0.15, -0.1) is 0 Å². The molecular weight excluding hydrogens is 279 g/mol. The lowest BCUT2D eigenvalue weighted by molar-refractivity contribution is -0.127. The van der Waals surface area contributed by atoms with Crippen LogP contribution in [-0.2, 0) is 11.2 Å². The van der Waals surface area contributed by atoms with Crippen molar-refractivity contribution in [2.75, 3.05) is 7.11 Å². The smallest absolute Gasteiger partial charge is 0.126 e. The molecule has 0 heterocycles. The molecule has 1 aliphatic rings. The standard InChI is InChI=1S/C16H22ClFO2/c1-11-5-7-16(20-2,8-6-11)15(19)10-12-9-13(17)3-4-14(12)18/h3-4,9,11,15,19H,5-8,10H2,1-2H3. The molecule has 0 bridgehead atoms. The van der Waals surface area contributed by atoms with Crippen molar-refractivity contribution in [1.82, 2.24) is 0 Å². The van der Waals surface area contributed by atoms with Gasteiger partial charge in [-0.2, -0.15) is 0 Å². The number of methoxy groups -OCH3 is 1. The van der Waals surface area contributed by atoms with E-state index in [-0.39, 0.29) is 12.2 Å². The average Bonchev–Trinajstić information content (AvgIpc) is 2.44. The summed E-state index contributed by atoms with van der Waals surface area (Å²) >= 11 is 5.89. The number of ether oxygens (including phenoxy) is 1. The number of aliphatic hydroxyl groups is 1. The highest BCUT2D eigenvalue weighted by molar-refractivity contribution is 6.30. The van der Waals surface area contributed by atoms with Crippen LogP contribution in [0.15, 0.2) is 18.2 Å². The van der Waals surface area contributed by atoms with Crippen LogP contribution in [0, 0.1) is 11.7 Å². The van der Waals surface area contributed by atoms with Crippen LogP contribution in [0.1, 0.15) is 38.2 Å². The molecule has 0 spiro atoms. The molecule has 1 fully saturated rings. The summed E-state index contributed by atoms with van der Waals surface area (Å²) in [7, 11) is 1.63. The Labute approximate surface area is 124 Å². The van der Waals surface area contributed by atoms with Crippen LogP contribution in [-0.4, -0.2) is 23.9 Å². The Morgan fingerprint density at radius 3 is 2.70 bits per heavy atom. The van der Waals surface area contributed by atoms with Gasteiger partial charge in [0.25, 0.3) is 0 Å². The lowest BCUT2D eigenvalue weighted by Crippen LogP contribution is -2.48. The molecule has 20 heavy (non-hydrogen) atoms. The molecule has 2 rings (SSSR count). The maximum atomic E-state index is 13.8. The molecule has 112 valence electrons. The molecule has 0 radical (unpaired) electrons. The minimum atomic E-state index is -0.715. The van der Waals surface area contributed by atoms with E-state index in [1.54, 1.807) is 13.2 Å². The Hall–Kier alpha value is -0.640. The summed E-state index contributed by atoms with van der Waals surface area (Å²) in [6.45, 7) is 2.21. The largest absolute Gasteiger partial charge is 0.390 e. The van der Waals surface area contributed by atoms with Crippen LogP contribution in [0.5, 0.6) is 0 Å². The maximum absolute atomic E-state index is 13.8. The summed E-state index contributed by atoms with van der Waals surface area (Å²) in [6, 6.07) is 4.43. The van der Waals surface area contributed by atoms with Gasteiger partial charge < -0.3 is 9.84 Å². The Morgan fingerprint density at radius 1 is 1.45 bits per heavy atom. The number of hydrogen-bond donors (Lipinski definition) is 1. The molecular formula is C16H22ClFO2. The quantitative estimate of drug-likeness (QED) is 0.911. The fourth-order valence-electron chi connectivity index (χ4n) is 3.02. The predicted octanol–water partition coefficient (Wildman–Crippen LogP) is 3.98. The highest BCUT2D eigenvalue weighted by Gasteiger charge is 2.40. The minimum Gasteiger partial charge on any atom is -0.390 e. The summed E-state index contributed by atoms with van der Waals surface area (Å²) in [4.78, 5) is 0. The summed E-state index contributed by atoms with van der Waals surface area (Å²) in [5.41, 5.74) is -0.110. The topological polar surface area (TPSA) is 29.5 Å². The molecule has 0 aliphatic heterocycles. The third-order valence-electron chi connectivity index (χ3n) is 4.56. The summed E-state index contributed by atoms with van der Waals surface area (Å²) in [6.07, 6.45) is 3.20. The first-order valence-corrected chi connectivity index (χ1v) is 7.52. The van der Waals surface area contributed by atoms with Crippen molar-refractivity contribution in [1.29, 1.82) is 0 Å². The van der Waals surface area contributed by atoms with Crippen molar-refractivity contribution in [2.45, 2.75) is 50.7 Å². The van der Waals surface area contributed by atoms with Crippen LogP contribution in [0.25, 0.3) is 0 Å². The third kappa shape index (κ3) is 3.33. The first-order valence-electron chi connectivity index (χ1n) is 7.14. The van der Waals surface area contributed by atoms with Crippen LogP contribution in [0.2, 0.25) is 5.02 Å². The summed E-state index contributed by atoms with van der Waals surface area (Å²) in [5, 5.41) is 11.0. The van der Waals surface area contributed by atoms with E-state index in [9.17, 15) is 9.50 Å². The minimum absolute atomic E-state index is 0.231. The van der Waals surface area contributed by atoms with Crippen LogP contribution in [0.3, 0.4) is 0 Å². The van der Waals surface area contributed by atoms with Gasteiger partial charge in [0.2, 0.25) is 0 Å². The van der Waals surface area contributed by atoms with E-state index in [4.69, 9.17) is 16.3 Å². The van der Waals surface area contributed by atoms with Crippen LogP contribution < -0.4 is 0 Å². The molecule has 1 aromatic carbocycles. The van der Waals surface area contributed by atoms with Gasteiger partial charge >= 0.3 is 0 Å². The first-order chi connectivity index (χ1) is 9.47. The molecule has 1 aromatic rings. The van der Waals surface area contributed by atoms with Gasteiger partial charge in [0, 0.05) is 18.6 Å². The number of aliphatic hydroxyl groups excluding tert-OH is 1. The zero-order valence-corrected chi connectivity index (χ0v) is 12.8. The van der Waals surface area contributed by atoms with Crippen molar-refractivity contribution in [2.24, 2.45) is 5.92 Å². The number of hydrogen-bond acceptors (Lipinski definition) is 2. The zero-order chi connectivity index (χ0) is 14.8. The van der Waals surface area contributed by atoms with Crippen molar-refractivity contribution in [3.05, 3.63) is 34.6 Å². The Kier molecular flexibility index (Phi) is 5.05. The van der Waals surface area contributed by atoms with E-state index >= 15 is 0 Å². The fraction of sp³-hybridized carbons (Fsp3) is 0.625. The van der Waals surface area contributed by atoms with Gasteiger partial charge in [-0.3, -0.25) is 0 Å². The predicted molar refractivity (Wildman–Crippen MR) is 78.5 cm³/mol. The van der Waals surface area contributed by atoms with Gasteiger partial charge in [0.1, 0.15) is 5.82 Å². The lowest BCUT2D eigenvalue weighted by Gasteiger charge is -2.41. The summed E-state index contributed by atoms with van der Waals surface area (Å²) < 4.78 is 19.4. The third-order valence-corrected chi connectivity index (χ3v) is 4.79. The normalized spacial score (nSPS) is 28.4. The second kappa shape index (κ2) is 6.42. The van der Waals surface area contributed by atoms with E-state index in [2.05, 4.69) is 6.92 Å². The van der Waals surface area contributed by atoms with Gasteiger partial charge in [-0.05, 0) is 55.4 Å². The Morgan fingerprint density at radius 2 is 2.10 bits per heavy atom. The second-order valence-electron chi connectivity index (χ2n) is 5.91. The lowest BCUT2D eigenvalue weighted by atomic mass is 9.75. The molecule has 4 heteroatoms.